The van der Waals surface area contributed by atoms with Crippen LogP contribution in [0.15, 0.2) is 42.5 Å². The van der Waals surface area contributed by atoms with Crippen molar-refractivity contribution in [3.63, 3.8) is 0 Å². The number of amides is 1. The molecule has 3 heterocycles. The van der Waals surface area contributed by atoms with Gasteiger partial charge in [0.25, 0.3) is 0 Å². The molecule has 2 aromatic carbocycles. The fourth-order valence-corrected chi connectivity index (χ4v) is 3.72. The quantitative estimate of drug-likeness (QED) is 0.466. The van der Waals surface area contributed by atoms with E-state index in [0.29, 0.717) is 58.5 Å². The molecule has 1 unspecified atom stereocenters. The molecule has 3 N–H and O–H groups in total. The van der Waals surface area contributed by atoms with Crippen LogP contribution < -0.4 is 16.0 Å². The summed E-state index contributed by atoms with van der Waals surface area (Å²) < 4.78 is 15.2. The van der Waals surface area contributed by atoms with E-state index in [1.54, 1.807) is 24.3 Å². The van der Waals surface area contributed by atoms with Crippen LogP contribution in [0, 0.1) is 5.82 Å². The summed E-state index contributed by atoms with van der Waals surface area (Å²) in [6, 6.07) is 10.9. The van der Waals surface area contributed by atoms with Crippen molar-refractivity contribution in [3.05, 3.63) is 53.3 Å². The third-order valence-corrected chi connectivity index (χ3v) is 5.22. The fraction of sp³-hybridized carbons (Fsp3) is 0.200. The van der Waals surface area contributed by atoms with Crippen molar-refractivity contribution in [2.75, 3.05) is 25.0 Å². The molecule has 1 aliphatic heterocycles. The van der Waals surface area contributed by atoms with Gasteiger partial charge in [-0.15, -0.1) is 5.10 Å². The number of hydrogen-bond donors (Lipinski definition) is 3. The van der Waals surface area contributed by atoms with Crippen molar-refractivity contribution in [1.82, 2.24) is 30.2 Å². The van der Waals surface area contributed by atoms with Gasteiger partial charge in [-0.05, 0) is 24.3 Å². The van der Waals surface area contributed by atoms with E-state index in [1.807, 2.05) is 6.07 Å². The summed E-state index contributed by atoms with van der Waals surface area (Å²) in [5.74, 6) is 0.160. The first-order valence-electron chi connectivity index (χ1n) is 9.46. The maximum absolute atomic E-state index is 13.7. The van der Waals surface area contributed by atoms with Crippen LogP contribution in [0.25, 0.3) is 27.9 Å². The number of benzene rings is 2. The average Bonchev–Trinajstić information content (AvgIpc) is 3.08. The predicted molar refractivity (Wildman–Crippen MR) is 112 cm³/mol. The van der Waals surface area contributed by atoms with Crippen LogP contribution in [0.1, 0.15) is 0 Å². The Balaban J connectivity index is 1.70. The van der Waals surface area contributed by atoms with E-state index in [1.165, 1.54) is 16.6 Å². The molecule has 10 heteroatoms. The van der Waals surface area contributed by atoms with Crippen molar-refractivity contribution in [3.8, 4) is 11.4 Å². The van der Waals surface area contributed by atoms with Crippen molar-refractivity contribution < 1.29 is 9.18 Å². The Morgan fingerprint density at radius 2 is 2.03 bits per heavy atom. The highest BCUT2D eigenvalue weighted by atomic mass is 35.5. The number of carbonyl (C=O) groups is 1. The SMILES string of the molecule is O=C1NCCNCC1Nc1nc2cccc(Cl)c2c2nc(-c3cccc(F)c3)nn12. The second-order valence-corrected chi connectivity index (χ2v) is 7.35. The summed E-state index contributed by atoms with van der Waals surface area (Å²) >= 11 is 6.43. The molecule has 152 valence electrons. The highest BCUT2D eigenvalue weighted by Crippen LogP contribution is 2.29. The highest BCUT2D eigenvalue weighted by Gasteiger charge is 2.24. The second-order valence-electron chi connectivity index (χ2n) is 6.94. The number of nitrogens with zero attached hydrogens (tertiary/aromatic N) is 4. The lowest BCUT2D eigenvalue weighted by atomic mass is 10.2. The number of anilines is 1. The van der Waals surface area contributed by atoms with Gasteiger partial charge in [0.1, 0.15) is 11.9 Å². The van der Waals surface area contributed by atoms with Crippen molar-refractivity contribution in [2.24, 2.45) is 0 Å². The Labute approximate surface area is 175 Å². The van der Waals surface area contributed by atoms with Gasteiger partial charge < -0.3 is 16.0 Å². The predicted octanol–water partition coefficient (Wildman–Crippen LogP) is 2.24. The number of fused-ring (bicyclic) bond motifs is 3. The van der Waals surface area contributed by atoms with Gasteiger partial charge in [0.2, 0.25) is 11.9 Å². The zero-order valence-corrected chi connectivity index (χ0v) is 16.4. The van der Waals surface area contributed by atoms with Crippen LogP contribution in [-0.2, 0) is 4.79 Å². The summed E-state index contributed by atoms with van der Waals surface area (Å²) in [5.41, 5.74) is 1.60. The van der Waals surface area contributed by atoms with Crippen LogP contribution in [0.4, 0.5) is 10.3 Å². The van der Waals surface area contributed by atoms with E-state index in [-0.39, 0.29) is 11.7 Å². The van der Waals surface area contributed by atoms with E-state index in [9.17, 15) is 9.18 Å². The lowest BCUT2D eigenvalue weighted by molar-refractivity contribution is -0.121. The topological polar surface area (TPSA) is 96.2 Å². The summed E-state index contributed by atoms with van der Waals surface area (Å²) in [5, 5.41) is 14.8. The molecular formula is C20H17ClFN7O. The molecule has 8 nitrogen and oxygen atoms in total. The van der Waals surface area contributed by atoms with Gasteiger partial charge >= 0.3 is 0 Å². The monoisotopic (exact) mass is 425 g/mol. The molecule has 30 heavy (non-hydrogen) atoms. The minimum Gasteiger partial charge on any atom is -0.353 e. The Hall–Kier alpha value is -3.30. The van der Waals surface area contributed by atoms with E-state index in [4.69, 9.17) is 11.6 Å². The number of carbonyl (C=O) groups excluding carboxylic acids is 1. The molecule has 1 aliphatic rings. The first-order valence-corrected chi connectivity index (χ1v) is 9.84. The summed E-state index contributed by atoms with van der Waals surface area (Å²) in [6.07, 6.45) is 0. The van der Waals surface area contributed by atoms with Gasteiger partial charge in [-0.25, -0.2) is 14.4 Å². The first kappa shape index (κ1) is 18.7. The van der Waals surface area contributed by atoms with Gasteiger partial charge in [0, 0.05) is 25.2 Å². The van der Waals surface area contributed by atoms with Gasteiger partial charge in [-0.3, -0.25) is 4.79 Å². The molecule has 0 saturated carbocycles. The van der Waals surface area contributed by atoms with Crippen LogP contribution in [-0.4, -0.2) is 51.2 Å². The molecule has 0 bridgehead atoms. The molecule has 1 saturated heterocycles. The summed E-state index contributed by atoms with van der Waals surface area (Å²) in [4.78, 5) is 21.6. The minimum absolute atomic E-state index is 0.133. The van der Waals surface area contributed by atoms with Gasteiger partial charge in [0.05, 0.1) is 15.9 Å². The molecular weight excluding hydrogens is 409 g/mol. The lowest BCUT2D eigenvalue weighted by Crippen LogP contribution is -2.42. The number of aromatic nitrogens is 4. The average molecular weight is 426 g/mol. The maximum atomic E-state index is 13.7. The molecule has 4 aromatic rings. The van der Waals surface area contributed by atoms with Gasteiger partial charge in [0.15, 0.2) is 11.5 Å². The number of nitrogens with one attached hydrogen (secondary N) is 3. The minimum atomic E-state index is -0.540. The van der Waals surface area contributed by atoms with Crippen molar-refractivity contribution in [1.29, 1.82) is 0 Å². The Kier molecular flexibility index (Phi) is 4.68. The third-order valence-electron chi connectivity index (χ3n) is 4.90. The van der Waals surface area contributed by atoms with Gasteiger partial charge in [-0.2, -0.15) is 4.52 Å². The Morgan fingerprint density at radius 1 is 1.17 bits per heavy atom. The van der Waals surface area contributed by atoms with E-state index in [0.717, 1.165) is 0 Å². The van der Waals surface area contributed by atoms with Crippen LogP contribution in [0.3, 0.4) is 0 Å². The van der Waals surface area contributed by atoms with E-state index in [2.05, 4.69) is 31.0 Å². The number of rotatable bonds is 3. The molecule has 1 atom stereocenters. The molecule has 0 aliphatic carbocycles. The normalized spacial score (nSPS) is 17.1. The van der Waals surface area contributed by atoms with Crippen molar-refractivity contribution >= 4 is 40.0 Å². The first-order chi connectivity index (χ1) is 14.6. The van der Waals surface area contributed by atoms with E-state index < -0.39 is 6.04 Å². The molecule has 1 amide bonds. The smallest absolute Gasteiger partial charge is 0.243 e. The lowest BCUT2D eigenvalue weighted by Gasteiger charge is -2.16. The fourth-order valence-electron chi connectivity index (χ4n) is 3.46. The standard InChI is InChI=1S/C20H17ClFN7O/c21-13-5-2-6-14-16(13)18-27-17(11-3-1-4-12(22)9-11)28-29(18)20(25-14)26-15-10-23-7-8-24-19(15)30/h1-6,9,15,23H,7-8,10H2,(H,24,30)(H,25,26). The maximum Gasteiger partial charge on any atom is 0.243 e. The largest absolute Gasteiger partial charge is 0.353 e. The molecule has 2 aromatic heterocycles. The summed E-state index contributed by atoms with van der Waals surface area (Å²) in [7, 11) is 0. The van der Waals surface area contributed by atoms with E-state index >= 15 is 0 Å². The molecule has 1 fully saturated rings. The van der Waals surface area contributed by atoms with Crippen molar-refractivity contribution in [2.45, 2.75) is 6.04 Å². The highest BCUT2D eigenvalue weighted by molar-refractivity contribution is 6.36. The van der Waals surface area contributed by atoms with Gasteiger partial charge in [-0.1, -0.05) is 29.8 Å². The number of halogens is 2. The van der Waals surface area contributed by atoms with Crippen LogP contribution >= 0.6 is 11.6 Å². The van der Waals surface area contributed by atoms with Crippen LogP contribution in [0.2, 0.25) is 5.02 Å². The molecule has 5 rings (SSSR count). The zero-order chi connectivity index (χ0) is 20.7. The van der Waals surface area contributed by atoms with Crippen LogP contribution in [0.5, 0.6) is 0 Å². The molecule has 0 spiro atoms. The number of hydrogen-bond acceptors (Lipinski definition) is 6. The zero-order valence-electron chi connectivity index (χ0n) is 15.7. The Morgan fingerprint density at radius 3 is 2.90 bits per heavy atom. The summed E-state index contributed by atoms with van der Waals surface area (Å²) in [6.45, 7) is 1.68. The Bertz CT molecular complexity index is 1270. The third kappa shape index (κ3) is 3.31. The second kappa shape index (κ2) is 7.51. The molecule has 0 radical (unpaired) electrons.